The Hall–Kier alpha value is -3.23. The lowest BCUT2D eigenvalue weighted by molar-refractivity contribution is -0.135. The van der Waals surface area contributed by atoms with Crippen LogP contribution >= 0.6 is 11.3 Å². The van der Waals surface area contributed by atoms with Gasteiger partial charge in [0.2, 0.25) is 5.91 Å². The van der Waals surface area contributed by atoms with Crippen LogP contribution in [0.4, 0.5) is 4.39 Å². The summed E-state index contributed by atoms with van der Waals surface area (Å²) in [5, 5.41) is 2.04. The van der Waals surface area contributed by atoms with Crippen LogP contribution in [0.25, 0.3) is 0 Å². The van der Waals surface area contributed by atoms with Crippen molar-refractivity contribution < 1.29 is 23.5 Å². The van der Waals surface area contributed by atoms with Gasteiger partial charge in [0.05, 0.1) is 17.7 Å². The van der Waals surface area contributed by atoms with Crippen molar-refractivity contribution in [1.82, 2.24) is 9.80 Å². The first kappa shape index (κ1) is 24.5. The van der Waals surface area contributed by atoms with E-state index in [1.54, 1.807) is 28.4 Å². The van der Waals surface area contributed by atoms with Crippen LogP contribution in [0.1, 0.15) is 39.7 Å². The summed E-state index contributed by atoms with van der Waals surface area (Å²) >= 11 is 1.69. The van der Waals surface area contributed by atoms with Gasteiger partial charge in [0.25, 0.3) is 5.91 Å². The number of nitrogens with zero attached hydrogens (tertiary/aromatic N) is 2. The van der Waals surface area contributed by atoms with Gasteiger partial charge in [0.15, 0.2) is 0 Å². The van der Waals surface area contributed by atoms with Gasteiger partial charge in [-0.2, -0.15) is 0 Å². The highest BCUT2D eigenvalue weighted by molar-refractivity contribution is 7.10. The predicted molar refractivity (Wildman–Crippen MR) is 136 cm³/mol. The Morgan fingerprint density at radius 3 is 2.69 bits per heavy atom. The minimum Gasteiger partial charge on any atom is -0.491 e. The number of thiophene rings is 1. The van der Waals surface area contributed by atoms with Crippen molar-refractivity contribution in [3.63, 3.8) is 0 Å². The highest BCUT2D eigenvalue weighted by atomic mass is 32.1. The van der Waals surface area contributed by atoms with Crippen molar-refractivity contribution in [3.8, 4) is 5.75 Å². The summed E-state index contributed by atoms with van der Waals surface area (Å²) in [6, 6.07) is 17.2. The molecule has 0 N–H and O–H groups in total. The van der Waals surface area contributed by atoms with Crippen molar-refractivity contribution in [1.29, 1.82) is 0 Å². The zero-order valence-corrected chi connectivity index (χ0v) is 20.8. The lowest BCUT2D eigenvalue weighted by Crippen LogP contribution is -2.49. The first-order valence-electron chi connectivity index (χ1n) is 12.3. The van der Waals surface area contributed by atoms with Crippen LogP contribution in [0.2, 0.25) is 0 Å². The molecule has 2 aliphatic rings. The Morgan fingerprint density at radius 2 is 1.92 bits per heavy atom. The molecule has 0 spiro atoms. The SMILES string of the molecule is O=C(c1ccccc1F)N(CC(=O)N1CCc2sccc2[C@H]1COc1ccccc1)C[C@H]1CCCO1. The molecule has 2 atom stereocenters. The quantitative estimate of drug-likeness (QED) is 0.442. The van der Waals surface area contributed by atoms with E-state index in [1.165, 1.54) is 21.9 Å². The van der Waals surface area contributed by atoms with Crippen molar-refractivity contribution in [2.45, 2.75) is 31.4 Å². The van der Waals surface area contributed by atoms with Gasteiger partial charge in [-0.1, -0.05) is 30.3 Å². The van der Waals surface area contributed by atoms with E-state index in [1.807, 2.05) is 41.8 Å². The summed E-state index contributed by atoms with van der Waals surface area (Å²) in [5.41, 5.74) is 1.05. The minimum atomic E-state index is -0.595. The fraction of sp³-hybridized carbons (Fsp3) is 0.357. The maximum Gasteiger partial charge on any atom is 0.257 e. The Kier molecular flexibility index (Phi) is 7.63. The van der Waals surface area contributed by atoms with E-state index in [0.717, 1.165) is 30.6 Å². The summed E-state index contributed by atoms with van der Waals surface area (Å²) in [6.07, 6.45) is 2.32. The zero-order chi connectivity index (χ0) is 24.9. The number of hydrogen-bond acceptors (Lipinski definition) is 5. The van der Waals surface area contributed by atoms with Crippen LogP contribution in [0, 0.1) is 5.82 Å². The normalized spacial score (nSPS) is 19.1. The number of hydrogen-bond donors (Lipinski definition) is 0. The molecule has 0 radical (unpaired) electrons. The molecule has 5 rings (SSSR count). The molecule has 2 amide bonds. The maximum atomic E-state index is 14.5. The first-order valence-corrected chi connectivity index (χ1v) is 13.2. The molecular weight excluding hydrogens is 479 g/mol. The lowest BCUT2D eigenvalue weighted by Gasteiger charge is -2.37. The first-order chi connectivity index (χ1) is 17.6. The summed E-state index contributed by atoms with van der Waals surface area (Å²) in [5.74, 6) is -0.539. The lowest BCUT2D eigenvalue weighted by atomic mass is 10.00. The second kappa shape index (κ2) is 11.2. The average Bonchev–Trinajstić information content (AvgIpc) is 3.59. The van der Waals surface area contributed by atoms with E-state index in [0.29, 0.717) is 19.8 Å². The Balaban J connectivity index is 1.36. The highest BCUT2D eigenvalue weighted by Gasteiger charge is 2.35. The minimum absolute atomic E-state index is 0.0361. The van der Waals surface area contributed by atoms with Gasteiger partial charge in [0, 0.05) is 24.6 Å². The van der Waals surface area contributed by atoms with Gasteiger partial charge in [-0.25, -0.2) is 4.39 Å². The smallest absolute Gasteiger partial charge is 0.257 e. The number of rotatable bonds is 8. The summed E-state index contributed by atoms with van der Waals surface area (Å²) in [4.78, 5) is 31.5. The van der Waals surface area contributed by atoms with Crippen LogP contribution < -0.4 is 4.74 Å². The van der Waals surface area contributed by atoms with Gasteiger partial charge >= 0.3 is 0 Å². The molecule has 0 saturated carbocycles. The van der Waals surface area contributed by atoms with Crippen molar-refractivity contribution in [2.24, 2.45) is 0 Å². The standard InChI is InChI=1S/C28H29FN2O4S/c29-24-11-5-4-10-22(24)28(33)30(17-21-9-6-15-34-21)18-27(32)31-14-12-26-23(13-16-36-26)25(31)19-35-20-7-2-1-3-8-20/h1-5,7-8,10-11,13,16,21,25H,6,9,12,14-15,17-19H2/t21-,25-/m1/s1. The monoisotopic (exact) mass is 508 g/mol. The summed E-state index contributed by atoms with van der Waals surface area (Å²) in [7, 11) is 0. The van der Waals surface area contributed by atoms with Crippen LogP contribution in [-0.4, -0.2) is 60.6 Å². The number of halogens is 1. The van der Waals surface area contributed by atoms with Crippen LogP contribution in [0.3, 0.4) is 0 Å². The third-order valence-electron chi connectivity index (χ3n) is 6.73. The van der Waals surface area contributed by atoms with Gasteiger partial charge in [-0.05, 0) is 60.5 Å². The molecule has 1 aromatic heterocycles. The molecular formula is C28H29FN2O4S. The third kappa shape index (κ3) is 5.44. The molecule has 36 heavy (non-hydrogen) atoms. The molecule has 8 heteroatoms. The molecule has 0 unspecified atom stereocenters. The van der Waals surface area contributed by atoms with E-state index in [-0.39, 0.29) is 36.7 Å². The Bertz CT molecular complexity index is 1200. The highest BCUT2D eigenvalue weighted by Crippen LogP contribution is 2.34. The predicted octanol–water partition coefficient (Wildman–Crippen LogP) is 4.71. The molecule has 2 aromatic carbocycles. The topological polar surface area (TPSA) is 59.1 Å². The second-order valence-electron chi connectivity index (χ2n) is 9.08. The number of benzene rings is 2. The van der Waals surface area contributed by atoms with Gasteiger partial charge in [-0.3, -0.25) is 9.59 Å². The molecule has 0 bridgehead atoms. The van der Waals surface area contributed by atoms with Gasteiger partial charge < -0.3 is 19.3 Å². The number of fused-ring (bicyclic) bond motifs is 1. The molecule has 3 heterocycles. The number of ether oxygens (including phenoxy) is 2. The van der Waals surface area contributed by atoms with Gasteiger partial charge in [-0.15, -0.1) is 11.3 Å². The number of amides is 2. The van der Waals surface area contributed by atoms with E-state index >= 15 is 0 Å². The van der Waals surface area contributed by atoms with Crippen molar-refractivity contribution in [2.75, 3.05) is 32.8 Å². The summed E-state index contributed by atoms with van der Waals surface area (Å²) < 4.78 is 26.3. The van der Waals surface area contributed by atoms with Gasteiger partial charge in [0.1, 0.15) is 24.7 Å². The Morgan fingerprint density at radius 1 is 1.11 bits per heavy atom. The maximum absolute atomic E-state index is 14.5. The zero-order valence-electron chi connectivity index (χ0n) is 20.0. The van der Waals surface area contributed by atoms with Crippen molar-refractivity contribution in [3.05, 3.63) is 87.9 Å². The van der Waals surface area contributed by atoms with E-state index in [4.69, 9.17) is 9.47 Å². The van der Waals surface area contributed by atoms with Crippen LogP contribution in [-0.2, 0) is 16.0 Å². The molecule has 6 nitrogen and oxygen atoms in total. The van der Waals surface area contributed by atoms with E-state index in [2.05, 4.69) is 0 Å². The molecule has 1 saturated heterocycles. The fourth-order valence-electron chi connectivity index (χ4n) is 4.88. The number of carbonyl (C=O) groups excluding carboxylic acids is 2. The fourth-order valence-corrected chi connectivity index (χ4v) is 5.81. The molecule has 188 valence electrons. The molecule has 2 aliphatic heterocycles. The molecule has 3 aromatic rings. The van der Waals surface area contributed by atoms with Crippen molar-refractivity contribution >= 4 is 23.2 Å². The molecule has 0 aliphatic carbocycles. The van der Waals surface area contributed by atoms with E-state index in [9.17, 15) is 14.0 Å². The summed E-state index contributed by atoms with van der Waals surface area (Å²) in [6.45, 7) is 1.59. The third-order valence-corrected chi connectivity index (χ3v) is 7.73. The van der Waals surface area contributed by atoms with E-state index < -0.39 is 11.7 Å². The van der Waals surface area contributed by atoms with Crippen LogP contribution in [0.15, 0.2) is 66.0 Å². The molecule has 1 fully saturated rings. The second-order valence-corrected chi connectivity index (χ2v) is 10.1. The largest absolute Gasteiger partial charge is 0.491 e. The Labute approximate surface area is 214 Å². The number of carbonyl (C=O) groups is 2. The number of para-hydroxylation sites is 1. The average molecular weight is 509 g/mol. The van der Waals surface area contributed by atoms with Crippen LogP contribution in [0.5, 0.6) is 5.75 Å².